The van der Waals surface area contributed by atoms with Gasteiger partial charge in [0, 0.05) is 29.2 Å². The molecule has 2 heterocycles. The molecule has 3 rings (SSSR count). The fraction of sp³-hybridized carbons (Fsp3) is 0.286. The normalized spacial score (nSPS) is 12.4. The largest absolute Gasteiger partial charge is 0.398 e. The monoisotopic (exact) mass is 319 g/mol. The fourth-order valence-electron chi connectivity index (χ4n) is 2.27. The Morgan fingerprint density at radius 1 is 1.18 bits per heavy atom. The van der Waals surface area contributed by atoms with Crippen molar-refractivity contribution >= 4 is 26.6 Å². The van der Waals surface area contributed by atoms with Crippen LogP contribution in [0.15, 0.2) is 30.7 Å². The number of benzene rings is 1. The molecule has 0 saturated carbocycles. The zero-order chi connectivity index (χ0) is 16.1. The van der Waals surface area contributed by atoms with Gasteiger partial charge in [-0.25, -0.2) is 8.42 Å². The first-order chi connectivity index (χ1) is 10.3. The van der Waals surface area contributed by atoms with Crippen LogP contribution in [0.5, 0.6) is 0 Å². The summed E-state index contributed by atoms with van der Waals surface area (Å²) in [6.45, 7) is 3.24. The van der Waals surface area contributed by atoms with E-state index in [2.05, 4.69) is 10.2 Å². The summed E-state index contributed by atoms with van der Waals surface area (Å²) in [5, 5.41) is 8.54. The molecule has 0 fully saturated rings. The molecule has 0 radical (unpaired) electrons. The minimum Gasteiger partial charge on any atom is -0.398 e. The number of hydrogen-bond acceptors (Lipinski definition) is 5. The third-order valence-electron chi connectivity index (χ3n) is 3.65. The van der Waals surface area contributed by atoms with Gasteiger partial charge in [0.15, 0.2) is 0 Å². The molecule has 8 heteroatoms. The summed E-state index contributed by atoms with van der Waals surface area (Å²) in [7, 11) is -1.63. The molecule has 1 aromatic carbocycles. The number of anilines is 1. The van der Waals surface area contributed by atoms with Gasteiger partial charge in [-0.05, 0) is 26.0 Å². The number of rotatable bonds is 3. The van der Waals surface area contributed by atoms with Crippen molar-refractivity contribution in [2.24, 2.45) is 7.05 Å². The second-order valence-corrected chi connectivity index (χ2v) is 7.81. The van der Waals surface area contributed by atoms with E-state index < -0.39 is 15.3 Å². The maximum Gasteiger partial charge on any atom is 0.256 e. The third-order valence-corrected chi connectivity index (χ3v) is 5.56. The lowest BCUT2D eigenvalue weighted by molar-refractivity contribution is 0.571. The van der Waals surface area contributed by atoms with Gasteiger partial charge in [0.05, 0.1) is 29.4 Å². The predicted octanol–water partition coefficient (Wildman–Crippen LogP) is 1.61. The first-order valence-electron chi connectivity index (χ1n) is 6.81. The zero-order valence-corrected chi connectivity index (χ0v) is 13.4. The minimum absolute atomic E-state index is 0.544. The summed E-state index contributed by atoms with van der Waals surface area (Å²) in [6, 6.07) is 3.72. The van der Waals surface area contributed by atoms with Crippen molar-refractivity contribution in [3.8, 4) is 11.1 Å². The van der Waals surface area contributed by atoms with Gasteiger partial charge in [-0.2, -0.15) is 14.3 Å². The standard InChI is InChI=1S/C14H17N5O2S/c1-9(2)22(20,21)19-8-11(7-17-19)12-5-14-10(4-13(12)15)6-16-18(14)3/h4-9H,15H2,1-3H3. The van der Waals surface area contributed by atoms with Crippen molar-refractivity contribution < 1.29 is 8.42 Å². The van der Waals surface area contributed by atoms with Gasteiger partial charge in [0.1, 0.15) is 0 Å². The van der Waals surface area contributed by atoms with E-state index in [-0.39, 0.29) is 0 Å². The summed E-state index contributed by atoms with van der Waals surface area (Å²) in [4.78, 5) is 0. The molecule has 0 bridgehead atoms. The second kappa shape index (κ2) is 4.84. The first kappa shape index (κ1) is 14.6. The molecule has 116 valence electrons. The van der Waals surface area contributed by atoms with Crippen LogP contribution in [0.2, 0.25) is 0 Å². The number of hydrogen-bond donors (Lipinski definition) is 1. The molecule has 2 N–H and O–H groups in total. The van der Waals surface area contributed by atoms with Crippen LogP contribution in [-0.4, -0.2) is 32.6 Å². The Balaban J connectivity index is 2.14. The molecule has 0 spiro atoms. The Bertz CT molecular complexity index is 953. The Hall–Kier alpha value is -2.35. The summed E-state index contributed by atoms with van der Waals surface area (Å²) >= 11 is 0. The van der Waals surface area contributed by atoms with E-state index in [0.29, 0.717) is 11.3 Å². The Labute approximate surface area is 128 Å². The lowest BCUT2D eigenvalue weighted by Crippen LogP contribution is -2.22. The molecule has 0 aliphatic carbocycles. The molecule has 0 unspecified atom stereocenters. The van der Waals surface area contributed by atoms with Gasteiger partial charge in [0.2, 0.25) is 0 Å². The number of nitrogens with zero attached hydrogens (tertiary/aromatic N) is 4. The van der Waals surface area contributed by atoms with E-state index in [1.807, 2.05) is 19.2 Å². The van der Waals surface area contributed by atoms with Crippen LogP contribution in [0.3, 0.4) is 0 Å². The Morgan fingerprint density at radius 2 is 1.91 bits per heavy atom. The van der Waals surface area contributed by atoms with E-state index in [1.165, 1.54) is 12.4 Å². The van der Waals surface area contributed by atoms with E-state index in [0.717, 1.165) is 20.6 Å². The smallest absolute Gasteiger partial charge is 0.256 e. The van der Waals surface area contributed by atoms with E-state index in [9.17, 15) is 8.42 Å². The summed E-state index contributed by atoms with van der Waals surface area (Å²) in [5.41, 5.74) is 8.95. The fourth-order valence-corrected chi connectivity index (χ4v) is 3.14. The SMILES string of the molecule is CC(C)S(=O)(=O)n1cc(-c2cc3c(cnn3C)cc2N)cn1. The van der Waals surface area contributed by atoms with Crippen LogP contribution in [0, 0.1) is 0 Å². The van der Waals surface area contributed by atoms with Crippen LogP contribution in [-0.2, 0) is 17.1 Å². The maximum absolute atomic E-state index is 12.1. The van der Waals surface area contributed by atoms with Crippen LogP contribution < -0.4 is 5.73 Å². The lowest BCUT2D eigenvalue weighted by Gasteiger charge is -2.07. The molecule has 22 heavy (non-hydrogen) atoms. The highest BCUT2D eigenvalue weighted by atomic mass is 32.2. The van der Waals surface area contributed by atoms with Crippen LogP contribution >= 0.6 is 0 Å². The van der Waals surface area contributed by atoms with E-state index >= 15 is 0 Å². The highest BCUT2D eigenvalue weighted by Crippen LogP contribution is 2.30. The summed E-state index contributed by atoms with van der Waals surface area (Å²) < 4.78 is 27.0. The van der Waals surface area contributed by atoms with E-state index in [4.69, 9.17) is 5.73 Å². The summed E-state index contributed by atoms with van der Waals surface area (Å²) in [5.74, 6) is 0. The molecule has 0 aliphatic rings. The predicted molar refractivity (Wildman–Crippen MR) is 85.8 cm³/mol. The third kappa shape index (κ3) is 2.16. The molecular weight excluding hydrogens is 302 g/mol. The van der Waals surface area contributed by atoms with Gasteiger partial charge in [0.25, 0.3) is 10.0 Å². The Morgan fingerprint density at radius 3 is 2.59 bits per heavy atom. The second-order valence-electron chi connectivity index (χ2n) is 5.46. The molecule has 0 aliphatic heterocycles. The average Bonchev–Trinajstić information content (AvgIpc) is 3.06. The summed E-state index contributed by atoms with van der Waals surface area (Å²) in [6.07, 6.45) is 4.74. The quantitative estimate of drug-likeness (QED) is 0.740. The van der Waals surface area contributed by atoms with Crippen LogP contribution in [0.4, 0.5) is 5.69 Å². The number of nitrogens with two attached hydrogens (primary N) is 1. The van der Waals surface area contributed by atoms with Crippen molar-refractivity contribution in [2.45, 2.75) is 19.1 Å². The van der Waals surface area contributed by atoms with Crippen LogP contribution in [0.25, 0.3) is 22.0 Å². The topological polar surface area (TPSA) is 95.8 Å². The molecule has 0 saturated heterocycles. The zero-order valence-electron chi connectivity index (χ0n) is 12.6. The average molecular weight is 319 g/mol. The van der Waals surface area contributed by atoms with Gasteiger partial charge >= 0.3 is 0 Å². The lowest BCUT2D eigenvalue weighted by atomic mass is 10.1. The molecular formula is C14H17N5O2S. The highest BCUT2D eigenvalue weighted by Gasteiger charge is 2.20. The molecule has 0 atom stereocenters. The Kier molecular flexibility index (Phi) is 3.21. The molecule has 3 aromatic rings. The number of fused-ring (bicyclic) bond motifs is 1. The maximum atomic E-state index is 12.1. The van der Waals surface area contributed by atoms with Crippen molar-refractivity contribution in [1.82, 2.24) is 19.0 Å². The molecule has 7 nitrogen and oxygen atoms in total. The number of nitrogen functional groups attached to an aromatic ring is 1. The number of aromatic nitrogens is 4. The first-order valence-corrected chi connectivity index (χ1v) is 8.31. The number of aryl methyl sites for hydroxylation is 1. The van der Waals surface area contributed by atoms with Crippen LogP contribution in [0.1, 0.15) is 13.8 Å². The van der Waals surface area contributed by atoms with Crippen molar-refractivity contribution in [2.75, 3.05) is 5.73 Å². The van der Waals surface area contributed by atoms with Gasteiger partial charge in [-0.1, -0.05) is 0 Å². The van der Waals surface area contributed by atoms with Crippen molar-refractivity contribution in [3.63, 3.8) is 0 Å². The van der Waals surface area contributed by atoms with Crippen molar-refractivity contribution in [1.29, 1.82) is 0 Å². The van der Waals surface area contributed by atoms with Gasteiger partial charge in [-0.3, -0.25) is 4.68 Å². The highest BCUT2D eigenvalue weighted by molar-refractivity contribution is 7.90. The molecule has 0 amide bonds. The van der Waals surface area contributed by atoms with Crippen molar-refractivity contribution in [3.05, 3.63) is 30.7 Å². The van der Waals surface area contributed by atoms with E-state index in [1.54, 1.807) is 24.7 Å². The van der Waals surface area contributed by atoms with Gasteiger partial charge < -0.3 is 5.73 Å². The minimum atomic E-state index is -3.47. The molecule has 2 aromatic heterocycles. The van der Waals surface area contributed by atoms with Gasteiger partial charge in [-0.15, -0.1) is 0 Å².